The van der Waals surface area contributed by atoms with Crippen molar-refractivity contribution >= 4 is 17.1 Å². The molecule has 0 radical (unpaired) electrons. The molecule has 1 unspecified atom stereocenters. The van der Waals surface area contributed by atoms with E-state index in [0.29, 0.717) is 16.5 Å². The van der Waals surface area contributed by atoms with Crippen molar-refractivity contribution in [3.05, 3.63) is 82.2 Å². The van der Waals surface area contributed by atoms with Gasteiger partial charge in [-0.2, -0.15) is 0 Å². The fourth-order valence-electron chi connectivity index (χ4n) is 2.58. The first-order chi connectivity index (χ1) is 12.3. The first kappa shape index (κ1) is 17.7. The van der Waals surface area contributed by atoms with E-state index in [1.807, 2.05) is 18.2 Å². The molecule has 2 aromatic carbocycles. The molecular weight excluding hydrogens is 332 g/mol. The summed E-state index contributed by atoms with van der Waals surface area (Å²) in [5, 5.41) is 0.429. The van der Waals surface area contributed by atoms with E-state index in [4.69, 9.17) is 13.9 Å². The van der Waals surface area contributed by atoms with Crippen LogP contribution in [0.25, 0.3) is 11.0 Å². The molecule has 0 aliphatic rings. The Morgan fingerprint density at radius 3 is 2.35 bits per heavy atom. The average molecular weight is 352 g/mol. The van der Waals surface area contributed by atoms with Gasteiger partial charge in [0.1, 0.15) is 17.4 Å². The highest BCUT2D eigenvalue weighted by Crippen LogP contribution is 2.26. The van der Waals surface area contributed by atoms with Crippen LogP contribution in [0.2, 0.25) is 0 Å². The predicted molar refractivity (Wildman–Crippen MR) is 98.1 cm³/mol. The van der Waals surface area contributed by atoms with Gasteiger partial charge in [0.25, 0.3) is 0 Å². The number of hydrogen-bond acceptors (Lipinski definition) is 5. The van der Waals surface area contributed by atoms with E-state index in [0.717, 1.165) is 0 Å². The largest absolute Gasteiger partial charge is 0.509 e. The molecule has 134 valence electrons. The Morgan fingerprint density at radius 2 is 1.65 bits per heavy atom. The lowest BCUT2D eigenvalue weighted by Gasteiger charge is -2.22. The fourth-order valence-corrected chi connectivity index (χ4v) is 2.58. The van der Waals surface area contributed by atoms with E-state index >= 15 is 0 Å². The minimum absolute atomic E-state index is 0.237. The van der Waals surface area contributed by atoms with Gasteiger partial charge in [0.15, 0.2) is 11.5 Å². The highest BCUT2D eigenvalue weighted by atomic mass is 16.7. The number of para-hydroxylation sites is 1. The molecule has 5 heteroatoms. The summed E-state index contributed by atoms with van der Waals surface area (Å²) in [6, 6.07) is 16.0. The highest BCUT2D eigenvalue weighted by Gasteiger charge is 2.26. The van der Waals surface area contributed by atoms with Gasteiger partial charge in [0.05, 0.1) is 10.9 Å². The topological polar surface area (TPSA) is 65.7 Å². The quantitative estimate of drug-likeness (QED) is 0.631. The lowest BCUT2D eigenvalue weighted by Crippen LogP contribution is -2.27. The Balaban J connectivity index is 2.05. The molecule has 1 aromatic heterocycles. The van der Waals surface area contributed by atoms with E-state index in [9.17, 15) is 9.59 Å². The molecule has 3 aromatic rings. The summed E-state index contributed by atoms with van der Waals surface area (Å²) in [6.07, 6.45) is -0.432. The Hall–Kier alpha value is -3.08. The van der Waals surface area contributed by atoms with Crippen LogP contribution < -0.4 is 5.43 Å². The van der Waals surface area contributed by atoms with Crippen molar-refractivity contribution < 1.29 is 18.7 Å². The number of benzene rings is 2. The second-order valence-corrected chi connectivity index (χ2v) is 6.89. The third-order valence-corrected chi connectivity index (χ3v) is 3.70. The summed E-state index contributed by atoms with van der Waals surface area (Å²) < 4.78 is 16.3. The summed E-state index contributed by atoms with van der Waals surface area (Å²) >= 11 is 0. The SMILES string of the molecule is CC(C)(C)OC(=O)OC(c1ccccc1)c1coc2ccccc2c1=O. The van der Waals surface area contributed by atoms with Crippen molar-refractivity contribution in [2.24, 2.45) is 0 Å². The van der Waals surface area contributed by atoms with Crippen LogP contribution in [0, 0.1) is 0 Å². The Kier molecular flexibility index (Phi) is 4.80. The lowest BCUT2D eigenvalue weighted by atomic mass is 10.0. The van der Waals surface area contributed by atoms with Crippen molar-refractivity contribution in [1.29, 1.82) is 0 Å². The fraction of sp³-hybridized carbons (Fsp3) is 0.238. The van der Waals surface area contributed by atoms with Crippen LogP contribution in [0.15, 0.2) is 70.1 Å². The normalized spacial score (nSPS) is 12.6. The summed E-state index contributed by atoms with van der Waals surface area (Å²) in [7, 11) is 0. The predicted octanol–water partition coefficient (Wildman–Crippen LogP) is 4.83. The van der Waals surface area contributed by atoms with E-state index in [2.05, 4.69) is 0 Å². The maximum absolute atomic E-state index is 12.9. The van der Waals surface area contributed by atoms with E-state index in [1.54, 1.807) is 57.2 Å². The standard InChI is InChI=1S/C21H20O5/c1-21(2,3)26-20(23)25-19(14-9-5-4-6-10-14)16-13-24-17-12-8-7-11-15(17)18(16)22/h4-13,19H,1-3H3. The minimum atomic E-state index is -0.924. The number of carbonyl (C=O) groups excluding carboxylic acids is 1. The minimum Gasteiger partial charge on any atom is -0.464 e. The molecule has 1 heterocycles. The molecule has 0 fully saturated rings. The zero-order valence-corrected chi connectivity index (χ0v) is 14.9. The van der Waals surface area contributed by atoms with E-state index in [-0.39, 0.29) is 11.0 Å². The second-order valence-electron chi connectivity index (χ2n) is 6.89. The smallest absolute Gasteiger partial charge is 0.464 e. The number of hydrogen-bond donors (Lipinski definition) is 0. The third-order valence-electron chi connectivity index (χ3n) is 3.70. The van der Waals surface area contributed by atoms with Crippen LogP contribution in [0.1, 0.15) is 38.0 Å². The molecule has 0 aliphatic heterocycles. The molecular formula is C21H20O5. The zero-order chi connectivity index (χ0) is 18.7. The summed E-state index contributed by atoms with van der Waals surface area (Å²) in [4.78, 5) is 25.1. The van der Waals surface area contributed by atoms with Crippen LogP contribution in [-0.4, -0.2) is 11.8 Å². The van der Waals surface area contributed by atoms with Crippen LogP contribution in [0.3, 0.4) is 0 Å². The van der Waals surface area contributed by atoms with Crippen molar-refractivity contribution in [2.45, 2.75) is 32.5 Å². The van der Waals surface area contributed by atoms with Crippen LogP contribution in [0.4, 0.5) is 4.79 Å². The maximum atomic E-state index is 12.9. The Morgan fingerprint density at radius 1 is 1.00 bits per heavy atom. The first-order valence-corrected chi connectivity index (χ1v) is 8.30. The maximum Gasteiger partial charge on any atom is 0.509 e. The van der Waals surface area contributed by atoms with Gasteiger partial charge in [-0.25, -0.2) is 4.79 Å². The van der Waals surface area contributed by atoms with Gasteiger partial charge < -0.3 is 13.9 Å². The van der Waals surface area contributed by atoms with Gasteiger partial charge in [0.2, 0.25) is 0 Å². The highest BCUT2D eigenvalue weighted by molar-refractivity contribution is 5.76. The molecule has 0 saturated heterocycles. The monoisotopic (exact) mass is 352 g/mol. The van der Waals surface area contributed by atoms with Gasteiger partial charge >= 0.3 is 6.16 Å². The second kappa shape index (κ2) is 7.04. The Bertz CT molecular complexity index is 967. The van der Waals surface area contributed by atoms with Crippen molar-refractivity contribution in [1.82, 2.24) is 0 Å². The van der Waals surface area contributed by atoms with Crippen molar-refractivity contribution in [3.8, 4) is 0 Å². The number of fused-ring (bicyclic) bond motifs is 1. The number of carbonyl (C=O) groups is 1. The molecule has 5 nitrogen and oxygen atoms in total. The first-order valence-electron chi connectivity index (χ1n) is 8.30. The summed E-state index contributed by atoms with van der Waals surface area (Å²) in [6.45, 7) is 5.24. The molecule has 1 atom stereocenters. The molecule has 0 spiro atoms. The van der Waals surface area contributed by atoms with E-state index in [1.165, 1.54) is 6.26 Å². The van der Waals surface area contributed by atoms with Crippen LogP contribution >= 0.6 is 0 Å². The van der Waals surface area contributed by atoms with Gasteiger partial charge in [-0.3, -0.25) is 4.79 Å². The molecule has 26 heavy (non-hydrogen) atoms. The van der Waals surface area contributed by atoms with Gasteiger partial charge in [0, 0.05) is 0 Å². The summed E-state index contributed by atoms with van der Waals surface area (Å²) in [5.41, 5.74) is 0.420. The lowest BCUT2D eigenvalue weighted by molar-refractivity contribution is -0.0204. The zero-order valence-electron chi connectivity index (χ0n) is 14.9. The van der Waals surface area contributed by atoms with Gasteiger partial charge in [-0.05, 0) is 38.5 Å². The van der Waals surface area contributed by atoms with Crippen LogP contribution in [0.5, 0.6) is 0 Å². The third kappa shape index (κ3) is 3.94. The van der Waals surface area contributed by atoms with Crippen molar-refractivity contribution in [2.75, 3.05) is 0 Å². The van der Waals surface area contributed by atoms with Gasteiger partial charge in [-0.15, -0.1) is 0 Å². The number of ether oxygens (including phenoxy) is 2. The molecule has 0 saturated carbocycles. The van der Waals surface area contributed by atoms with Gasteiger partial charge in [-0.1, -0.05) is 42.5 Å². The molecule has 0 aliphatic carbocycles. The molecule has 0 amide bonds. The van der Waals surface area contributed by atoms with Crippen LogP contribution in [-0.2, 0) is 9.47 Å². The molecule has 0 N–H and O–H groups in total. The molecule has 0 bridgehead atoms. The number of rotatable bonds is 3. The van der Waals surface area contributed by atoms with E-state index < -0.39 is 17.9 Å². The average Bonchev–Trinajstić information content (AvgIpc) is 2.60. The van der Waals surface area contributed by atoms with Crippen molar-refractivity contribution in [3.63, 3.8) is 0 Å². The Labute approximate surface area is 151 Å². The molecule has 3 rings (SSSR count). The summed E-state index contributed by atoms with van der Waals surface area (Å²) in [5.74, 6) is 0.